The molecule has 0 fully saturated rings. The molecule has 3 heterocycles. The molecule has 1 aliphatic rings. The van der Waals surface area contributed by atoms with E-state index in [4.69, 9.17) is 14.2 Å². The van der Waals surface area contributed by atoms with Gasteiger partial charge in [0, 0.05) is 0 Å². The molecule has 4 aromatic rings. The van der Waals surface area contributed by atoms with Gasteiger partial charge in [-0.3, -0.25) is 14.5 Å². The fraction of sp³-hybridized carbons (Fsp3) is 0.250. The average Bonchev–Trinajstić information content (AvgIpc) is 3.64. The Kier molecular flexibility index (Phi) is 7.35. The third kappa shape index (κ3) is 4.61. The number of thiophene rings is 1. The summed E-state index contributed by atoms with van der Waals surface area (Å²) >= 11 is 2.54. The van der Waals surface area contributed by atoms with E-state index >= 15 is 0 Å². The molecule has 1 atom stereocenters. The smallest absolute Gasteiger partial charge is 0.296 e. The van der Waals surface area contributed by atoms with Crippen LogP contribution in [0.15, 0.2) is 65.2 Å². The van der Waals surface area contributed by atoms with Crippen molar-refractivity contribution in [3.63, 3.8) is 0 Å². The number of hydrogen-bond donors (Lipinski definition) is 1. The van der Waals surface area contributed by atoms with Gasteiger partial charge in [0.15, 0.2) is 22.4 Å². The van der Waals surface area contributed by atoms with Crippen LogP contribution in [0.5, 0.6) is 17.2 Å². The Balaban J connectivity index is 1.66. The second-order valence-electron chi connectivity index (χ2n) is 8.28. The van der Waals surface area contributed by atoms with Gasteiger partial charge in [0.1, 0.15) is 5.75 Å². The van der Waals surface area contributed by atoms with Crippen LogP contribution in [0.4, 0.5) is 5.13 Å². The van der Waals surface area contributed by atoms with Crippen LogP contribution < -0.4 is 19.1 Å². The largest absolute Gasteiger partial charge is 0.503 e. The predicted octanol–water partition coefficient (Wildman–Crippen LogP) is 6.34. The highest BCUT2D eigenvalue weighted by Crippen LogP contribution is 2.46. The van der Waals surface area contributed by atoms with E-state index in [-0.39, 0.29) is 5.57 Å². The molecule has 38 heavy (non-hydrogen) atoms. The zero-order valence-electron chi connectivity index (χ0n) is 21.1. The van der Waals surface area contributed by atoms with Crippen LogP contribution in [0.2, 0.25) is 0 Å². The number of aliphatic hydroxyl groups is 1. The summed E-state index contributed by atoms with van der Waals surface area (Å²) in [6.07, 6.45) is 0. The number of nitrogens with zero attached hydrogens (tertiary/aromatic N) is 2. The Hall–Kier alpha value is -3.89. The normalized spacial score (nSPS) is 15.4. The number of Topliss-reactive ketones (excluding diaryl/α,β-unsaturated/α-hetero) is 1. The highest BCUT2D eigenvalue weighted by Gasteiger charge is 2.46. The third-order valence-corrected chi connectivity index (χ3v) is 7.83. The lowest BCUT2D eigenvalue weighted by Gasteiger charge is -2.25. The van der Waals surface area contributed by atoms with E-state index in [0.29, 0.717) is 58.2 Å². The fourth-order valence-corrected chi connectivity index (χ4v) is 6.08. The van der Waals surface area contributed by atoms with Crippen molar-refractivity contribution < 1.29 is 28.9 Å². The summed E-state index contributed by atoms with van der Waals surface area (Å²) in [5.41, 5.74) is 1.26. The Bertz CT molecular complexity index is 1530. The van der Waals surface area contributed by atoms with Gasteiger partial charge in [-0.2, -0.15) is 0 Å². The first-order chi connectivity index (χ1) is 18.5. The van der Waals surface area contributed by atoms with Crippen molar-refractivity contribution >= 4 is 49.7 Å². The number of aliphatic hydroxyl groups excluding tert-OH is 1. The number of benzene rings is 2. The standard InChI is InChI=1S/C28H26N2O6S2/c1-4-34-17-10-11-18-22(15-17)38-28(29-18)30-24(16-9-12-19(35-5-2)20(14-16)36-6-3)23(26(32)27(30)33)25(31)21-8-7-13-37-21/h7-15,24,32H,4-6H2,1-3H3. The van der Waals surface area contributed by atoms with E-state index in [0.717, 1.165) is 4.70 Å². The van der Waals surface area contributed by atoms with Crippen molar-refractivity contribution in [3.8, 4) is 17.2 Å². The van der Waals surface area contributed by atoms with Crippen molar-refractivity contribution in [2.24, 2.45) is 0 Å². The molecule has 8 nitrogen and oxygen atoms in total. The summed E-state index contributed by atoms with van der Waals surface area (Å²) in [7, 11) is 0. The van der Waals surface area contributed by atoms with E-state index < -0.39 is 23.5 Å². The van der Waals surface area contributed by atoms with Crippen molar-refractivity contribution in [2.45, 2.75) is 26.8 Å². The Morgan fingerprint density at radius 3 is 2.47 bits per heavy atom. The van der Waals surface area contributed by atoms with Crippen molar-refractivity contribution in [1.29, 1.82) is 0 Å². The zero-order valence-corrected chi connectivity index (χ0v) is 22.7. The quantitative estimate of drug-likeness (QED) is 0.230. The van der Waals surface area contributed by atoms with Gasteiger partial charge in [-0.15, -0.1) is 11.3 Å². The molecule has 0 bridgehead atoms. The molecule has 1 amide bonds. The van der Waals surface area contributed by atoms with E-state index in [9.17, 15) is 14.7 Å². The second-order valence-corrected chi connectivity index (χ2v) is 10.2. The number of ketones is 1. The molecule has 1 unspecified atom stereocenters. The predicted molar refractivity (Wildman–Crippen MR) is 148 cm³/mol. The zero-order chi connectivity index (χ0) is 26.8. The van der Waals surface area contributed by atoms with E-state index in [1.54, 1.807) is 35.7 Å². The third-order valence-electron chi connectivity index (χ3n) is 5.95. The number of aromatic nitrogens is 1. The molecule has 0 saturated heterocycles. The lowest BCUT2D eigenvalue weighted by atomic mass is 9.95. The van der Waals surface area contributed by atoms with Gasteiger partial charge in [-0.05, 0) is 68.1 Å². The Morgan fingerprint density at radius 1 is 1.00 bits per heavy atom. The minimum absolute atomic E-state index is 0.00156. The molecule has 1 N–H and O–H groups in total. The molecule has 2 aromatic heterocycles. The number of amides is 1. The van der Waals surface area contributed by atoms with Gasteiger partial charge in [-0.25, -0.2) is 4.98 Å². The maximum absolute atomic E-state index is 13.6. The molecule has 0 aliphatic carbocycles. The van der Waals surface area contributed by atoms with Crippen LogP contribution >= 0.6 is 22.7 Å². The van der Waals surface area contributed by atoms with Gasteiger partial charge >= 0.3 is 0 Å². The summed E-state index contributed by atoms with van der Waals surface area (Å²) in [6, 6.07) is 13.3. The average molecular weight is 551 g/mol. The number of fused-ring (bicyclic) bond motifs is 1. The van der Waals surface area contributed by atoms with Gasteiger partial charge in [0.25, 0.3) is 5.91 Å². The van der Waals surface area contributed by atoms with Crippen molar-refractivity contribution in [1.82, 2.24) is 4.98 Å². The van der Waals surface area contributed by atoms with E-state index in [2.05, 4.69) is 4.98 Å². The van der Waals surface area contributed by atoms with Crippen molar-refractivity contribution in [2.75, 3.05) is 24.7 Å². The second kappa shape index (κ2) is 10.8. The fourth-order valence-electron chi connectivity index (χ4n) is 4.38. The Morgan fingerprint density at radius 2 is 1.76 bits per heavy atom. The van der Waals surface area contributed by atoms with E-state index in [1.807, 2.05) is 39.0 Å². The van der Waals surface area contributed by atoms with Gasteiger partial charge in [0.05, 0.1) is 46.5 Å². The van der Waals surface area contributed by atoms with Crippen LogP contribution in [0.3, 0.4) is 0 Å². The molecule has 2 aromatic carbocycles. The number of anilines is 1. The van der Waals surface area contributed by atoms with Crippen LogP contribution in [0.1, 0.15) is 42.0 Å². The molecule has 0 radical (unpaired) electrons. The minimum atomic E-state index is -0.918. The highest BCUT2D eigenvalue weighted by molar-refractivity contribution is 7.22. The van der Waals surface area contributed by atoms with Gasteiger partial charge < -0.3 is 19.3 Å². The molecule has 5 rings (SSSR count). The minimum Gasteiger partial charge on any atom is -0.503 e. The first-order valence-electron chi connectivity index (χ1n) is 12.2. The first-order valence-corrected chi connectivity index (χ1v) is 13.9. The molecule has 1 aliphatic heterocycles. The van der Waals surface area contributed by atoms with Crippen LogP contribution in [-0.4, -0.2) is 41.6 Å². The molecular formula is C28H26N2O6S2. The maximum Gasteiger partial charge on any atom is 0.296 e. The highest BCUT2D eigenvalue weighted by atomic mass is 32.1. The van der Waals surface area contributed by atoms with Gasteiger partial charge in [0.2, 0.25) is 5.78 Å². The molecule has 0 spiro atoms. The lowest BCUT2D eigenvalue weighted by Crippen LogP contribution is -2.31. The number of rotatable bonds is 10. The summed E-state index contributed by atoms with van der Waals surface area (Å²) in [5.74, 6) is 0.0446. The molecule has 10 heteroatoms. The SMILES string of the molecule is CCOc1ccc2nc(N3C(=O)C(O)=C(C(=O)c4cccs4)C3c3ccc(OCC)c(OCC)c3)sc2c1. The summed E-state index contributed by atoms with van der Waals surface area (Å²) in [5, 5.41) is 13.2. The summed E-state index contributed by atoms with van der Waals surface area (Å²) < 4.78 is 18.0. The van der Waals surface area contributed by atoms with Crippen LogP contribution in [0, 0.1) is 0 Å². The van der Waals surface area contributed by atoms with Crippen LogP contribution in [-0.2, 0) is 4.79 Å². The molecule has 0 saturated carbocycles. The summed E-state index contributed by atoms with van der Waals surface area (Å²) in [4.78, 5) is 33.7. The molecular weight excluding hydrogens is 524 g/mol. The number of ether oxygens (including phenoxy) is 3. The van der Waals surface area contributed by atoms with Gasteiger partial charge in [-0.1, -0.05) is 23.5 Å². The van der Waals surface area contributed by atoms with Crippen LogP contribution in [0.25, 0.3) is 10.2 Å². The molecule has 196 valence electrons. The Labute approximate surface area is 227 Å². The number of thiazole rings is 1. The summed E-state index contributed by atoms with van der Waals surface area (Å²) in [6.45, 7) is 7.02. The first kappa shape index (κ1) is 25.7. The van der Waals surface area contributed by atoms with Crippen molar-refractivity contribution in [3.05, 3.63) is 75.7 Å². The number of carbonyl (C=O) groups is 2. The topological polar surface area (TPSA) is 98.2 Å². The van der Waals surface area contributed by atoms with E-state index in [1.165, 1.54) is 27.6 Å². The monoisotopic (exact) mass is 550 g/mol. The maximum atomic E-state index is 13.6. The number of carbonyl (C=O) groups excluding carboxylic acids is 2. The number of hydrogen-bond acceptors (Lipinski definition) is 9. The lowest BCUT2D eigenvalue weighted by molar-refractivity contribution is -0.117.